The Morgan fingerprint density at radius 3 is 2.51 bits per heavy atom. The molecular formula is C30H38N4O6S. The first-order chi connectivity index (χ1) is 19.7. The van der Waals surface area contributed by atoms with E-state index < -0.39 is 10.0 Å². The van der Waals surface area contributed by atoms with Gasteiger partial charge in [0.1, 0.15) is 13.0 Å². The fourth-order valence-corrected chi connectivity index (χ4v) is 6.04. The highest BCUT2D eigenvalue weighted by atomic mass is 32.2. The summed E-state index contributed by atoms with van der Waals surface area (Å²) < 4.78 is 51.7. The van der Waals surface area contributed by atoms with Crippen LogP contribution in [-0.2, 0) is 19.5 Å². The van der Waals surface area contributed by atoms with Crippen molar-refractivity contribution in [3.05, 3.63) is 71.7 Å². The second-order valence-corrected chi connectivity index (χ2v) is 11.7. The summed E-state index contributed by atoms with van der Waals surface area (Å²) in [6, 6.07) is 12.9. The molecule has 1 N–H and O–H groups in total. The smallest absolute Gasteiger partial charge is 0.269 e. The molecule has 0 amide bonds. The van der Waals surface area contributed by atoms with Gasteiger partial charge in [-0.05, 0) is 63.4 Å². The van der Waals surface area contributed by atoms with E-state index in [1.165, 1.54) is 6.26 Å². The average molecular weight is 583 g/mol. The molecule has 2 heterocycles. The van der Waals surface area contributed by atoms with E-state index in [4.69, 9.17) is 18.4 Å². The van der Waals surface area contributed by atoms with E-state index in [9.17, 15) is 8.42 Å². The summed E-state index contributed by atoms with van der Waals surface area (Å²) in [5.74, 6) is 0.603. The van der Waals surface area contributed by atoms with Gasteiger partial charge >= 0.3 is 0 Å². The lowest BCUT2D eigenvalue weighted by atomic mass is 9.93. The highest BCUT2D eigenvalue weighted by molar-refractivity contribution is 7.93. The number of aromatic nitrogens is 2. The van der Waals surface area contributed by atoms with Gasteiger partial charge in [0.2, 0.25) is 11.8 Å². The number of sulfonamides is 1. The largest absolute Gasteiger partial charge is 0.445 e. The molecule has 4 aromatic rings. The quantitative estimate of drug-likeness (QED) is 0.144. The maximum atomic E-state index is 14.4. The maximum Gasteiger partial charge on any atom is 0.269 e. The number of hydrogen-bond donors (Lipinski definition) is 1. The third-order valence-electron chi connectivity index (χ3n) is 7.09. The van der Waals surface area contributed by atoms with Gasteiger partial charge in [0, 0.05) is 35.9 Å². The molecular weight excluding hydrogens is 544 g/mol. The van der Waals surface area contributed by atoms with Crippen LogP contribution in [0.1, 0.15) is 50.1 Å². The lowest BCUT2D eigenvalue weighted by Crippen LogP contribution is -2.34. The molecule has 0 saturated heterocycles. The minimum absolute atomic E-state index is 0.0988. The normalized spacial score (nSPS) is 13.3. The second-order valence-electron chi connectivity index (χ2n) is 9.91. The van der Waals surface area contributed by atoms with Gasteiger partial charge < -0.3 is 23.7 Å². The van der Waals surface area contributed by atoms with Gasteiger partial charge in [0.15, 0.2) is 0 Å². The van der Waals surface area contributed by atoms with Gasteiger partial charge in [-0.15, -0.1) is 0 Å². The van der Waals surface area contributed by atoms with E-state index in [-0.39, 0.29) is 36.2 Å². The van der Waals surface area contributed by atoms with Gasteiger partial charge in [-0.2, -0.15) is 0 Å². The molecule has 2 unspecified atom stereocenters. The summed E-state index contributed by atoms with van der Waals surface area (Å²) in [7, 11) is -2.61. The van der Waals surface area contributed by atoms with Gasteiger partial charge in [0.25, 0.3) is 10.0 Å². The Labute approximate surface area is 241 Å². The molecule has 220 valence electrons. The predicted octanol–water partition coefficient (Wildman–Crippen LogP) is 5.88. The summed E-state index contributed by atoms with van der Waals surface area (Å²) in [6.45, 7) is 10.1. The van der Waals surface area contributed by atoms with E-state index in [0.717, 1.165) is 27.4 Å². The van der Waals surface area contributed by atoms with Crippen LogP contribution in [0, 0.1) is 13.8 Å². The predicted molar refractivity (Wildman–Crippen MR) is 157 cm³/mol. The number of ether oxygens (including phenoxy) is 2. The fourth-order valence-electron chi connectivity index (χ4n) is 4.50. The standard InChI is InChI=1S/C30H38N4O6S/c1-7-20(2)32-23(5)27-18-24(29-31-14-15-39-29)12-13-25(27)26-10-8-9-11-28(26)41(35,36)34(19-38-17-16-37-6)30-21(3)22(4)33-40-30/h8-15,18,20,23,32H,7,16-17,19H2,1-6H3. The van der Waals surface area contributed by atoms with Crippen LogP contribution >= 0.6 is 0 Å². The van der Waals surface area contributed by atoms with E-state index >= 15 is 0 Å². The Morgan fingerprint density at radius 2 is 1.85 bits per heavy atom. The molecule has 0 aliphatic heterocycles. The molecule has 41 heavy (non-hydrogen) atoms. The molecule has 0 aliphatic carbocycles. The molecule has 10 nitrogen and oxygen atoms in total. The summed E-state index contributed by atoms with van der Waals surface area (Å²) in [5.41, 5.74) is 4.25. The Hall–Kier alpha value is -3.51. The van der Waals surface area contributed by atoms with Crippen LogP contribution in [-0.4, -0.2) is 51.7 Å². The van der Waals surface area contributed by atoms with Crippen molar-refractivity contribution in [1.82, 2.24) is 15.5 Å². The first-order valence-corrected chi connectivity index (χ1v) is 15.0. The number of methoxy groups -OCH3 is 1. The molecule has 11 heteroatoms. The van der Waals surface area contributed by atoms with Crippen molar-refractivity contribution in [2.45, 2.75) is 58.0 Å². The van der Waals surface area contributed by atoms with Crippen molar-refractivity contribution >= 4 is 15.9 Å². The summed E-state index contributed by atoms with van der Waals surface area (Å²) in [6.07, 6.45) is 4.07. The summed E-state index contributed by atoms with van der Waals surface area (Å²) in [4.78, 5) is 4.42. The molecule has 0 spiro atoms. The van der Waals surface area contributed by atoms with Crippen molar-refractivity contribution in [2.24, 2.45) is 0 Å². The Balaban J connectivity index is 1.85. The monoisotopic (exact) mass is 582 g/mol. The first kappa shape index (κ1) is 30.4. The molecule has 0 radical (unpaired) electrons. The van der Waals surface area contributed by atoms with E-state index in [0.29, 0.717) is 29.3 Å². The highest BCUT2D eigenvalue weighted by Gasteiger charge is 2.33. The Bertz CT molecular complexity index is 1530. The Kier molecular flexibility index (Phi) is 9.98. The van der Waals surface area contributed by atoms with Crippen LogP contribution in [0.3, 0.4) is 0 Å². The first-order valence-electron chi connectivity index (χ1n) is 13.6. The van der Waals surface area contributed by atoms with Gasteiger partial charge in [-0.25, -0.2) is 17.7 Å². The van der Waals surface area contributed by atoms with Crippen LogP contribution in [0.25, 0.3) is 22.6 Å². The minimum Gasteiger partial charge on any atom is -0.445 e. The SMILES string of the molecule is CCC(C)NC(C)c1cc(-c2ncco2)ccc1-c1ccccc1S(=O)(=O)N(COCCOC)c1onc(C)c1C. The van der Waals surface area contributed by atoms with Crippen molar-refractivity contribution in [2.75, 3.05) is 31.4 Å². The number of benzene rings is 2. The number of hydrogen-bond acceptors (Lipinski definition) is 9. The van der Waals surface area contributed by atoms with Gasteiger partial charge in [-0.1, -0.05) is 36.3 Å². The van der Waals surface area contributed by atoms with Crippen LogP contribution in [0.2, 0.25) is 0 Å². The molecule has 0 fully saturated rings. The van der Waals surface area contributed by atoms with E-state index in [1.54, 1.807) is 39.3 Å². The summed E-state index contributed by atoms with van der Waals surface area (Å²) >= 11 is 0. The van der Waals surface area contributed by atoms with E-state index in [1.807, 2.05) is 30.3 Å². The number of nitrogens with zero attached hydrogens (tertiary/aromatic N) is 3. The number of anilines is 1. The van der Waals surface area contributed by atoms with Crippen molar-refractivity contribution in [1.29, 1.82) is 0 Å². The molecule has 2 aromatic heterocycles. The van der Waals surface area contributed by atoms with Crippen molar-refractivity contribution in [3.8, 4) is 22.6 Å². The van der Waals surface area contributed by atoms with Crippen molar-refractivity contribution in [3.63, 3.8) is 0 Å². The molecule has 0 saturated carbocycles. The van der Waals surface area contributed by atoms with Gasteiger partial charge in [0.05, 0.1) is 30.0 Å². The van der Waals surface area contributed by atoms with Crippen LogP contribution in [0.15, 0.2) is 68.8 Å². The van der Waals surface area contributed by atoms with Crippen molar-refractivity contribution < 1.29 is 26.8 Å². The molecule has 0 bridgehead atoms. The number of nitrogens with one attached hydrogen (secondary N) is 1. The Morgan fingerprint density at radius 1 is 1.07 bits per heavy atom. The third-order valence-corrected chi connectivity index (χ3v) is 8.85. The second kappa shape index (κ2) is 13.4. The number of oxazole rings is 1. The molecule has 4 rings (SSSR count). The van der Waals surface area contributed by atoms with Crippen LogP contribution in [0.4, 0.5) is 5.88 Å². The minimum atomic E-state index is -4.17. The number of aryl methyl sites for hydroxylation is 1. The molecule has 2 atom stereocenters. The fraction of sp³-hybridized carbons (Fsp3) is 0.400. The lowest BCUT2D eigenvalue weighted by Gasteiger charge is -2.25. The zero-order valence-corrected chi connectivity index (χ0v) is 25.2. The zero-order valence-electron chi connectivity index (χ0n) is 24.4. The van der Waals surface area contributed by atoms with Crippen LogP contribution in [0.5, 0.6) is 0 Å². The molecule has 0 aliphatic rings. The van der Waals surface area contributed by atoms with E-state index in [2.05, 4.69) is 36.2 Å². The zero-order chi connectivity index (χ0) is 29.6. The maximum absolute atomic E-state index is 14.4. The average Bonchev–Trinajstić information content (AvgIpc) is 3.63. The number of rotatable bonds is 14. The topological polar surface area (TPSA) is 120 Å². The highest BCUT2D eigenvalue weighted by Crippen LogP contribution is 2.38. The molecule has 2 aromatic carbocycles. The summed E-state index contributed by atoms with van der Waals surface area (Å²) in [5, 5.41) is 7.61. The third kappa shape index (κ3) is 6.70. The van der Waals surface area contributed by atoms with Crippen LogP contribution < -0.4 is 9.62 Å². The van der Waals surface area contributed by atoms with Gasteiger partial charge in [-0.3, -0.25) is 0 Å². The lowest BCUT2D eigenvalue weighted by molar-refractivity contribution is 0.0744.